The molecule has 0 bridgehead atoms. The largest absolute Gasteiger partial charge is 0.502 e. The number of aromatic hydroxyl groups is 1. The number of carbonyl (C=O) groups is 1. The Morgan fingerprint density at radius 1 is 1.30 bits per heavy atom. The standard InChI is InChI=1S/C16H15N3O7S/c1-8-5-13(20)12(19(22)23)7-15(8)27(24,25)18-10-3-4-14-11(6-10)17-16(21)9(2)26-14/h3-7,9,18,20H,1-2H3,(H,17,21)/t9-/m1/s1. The van der Waals surface area contributed by atoms with Crippen molar-refractivity contribution in [2.45, 2.75) is 24.8 Å². The molecule has 142 valence electrons. The molecule has 2 aromatic carbocycles. The number of nitro groups is 1. The van der Waals surface area contributed by atoms with Crippen molar-refractivity contribution in [2.75, 3.05) is 10.0 Å². The van der Waals surface area contributed by atoms with E-state index in [9.17, 15) is 28.4 Å². The van der Waals surface area contributed by atoms with Crippen molar-refractivity contribution in [1.82, 2.24) is 0 Å². The van der Waals surface area contributed by atoms with Crippen LogP contribution in [0.3, 0.4) is 0 Å². The van der Waals surface area contributed by atoms with E-state index in [0.717, 1.165) is 12.1 Å². The minimum Gasteiger partial charge on any atom is -0.502 e. The molecule has 1 aliphatic rings. The van der Waals surface area contributed by atoms with Crippen LogP contribution in [-0.4, -0.2) is 30.5 Å². The first kappa shape index (κ1) is 18.5. The second-order valence-corrected chi connectivity index (χ2v) is 7.58. The summed E-state index contributed by atoms with van der Waals surface area (Å²) in [6.07, 6.45) is -0.666. The summed E-state index contributed by atoms with van der Waals surface area (Å²) in [7, 11) is -4.19. The zero-order chi connectivity index (χ0) is 19.9. The zero-order valence-electron chi connectivity index (χ0n) is 14.2. The van der Waals surface area contributed by atoms with Gasteiger partial charge in [-0.05, 0) is 43.7 Å². The number of hydrogen-bond acceptors (Lipinski definition) is 7. The average molecular weight is 393 g/mol. The Bertz CT molecular complexity index is 1070. The van der Waals surface area contributed by atoms with Gasteiger partial charge in [0, 0.05) is 6.07 Å². The molecule has 0 spiro atoms. The monoisotopic (exact) mass is 393 g/mol. The van der Waals surface area contributed by atoms with Gasteiger partial charge in [-0.2, -0.15) is 0 Å². The quantitative estimate of drug-likeness (QED) is 0.532. The summed E-state index contributed by atoms with van der Waals surface area (Å²) < 4.78 is 33.0. The molecular formula is C16H15N3O7S. The third kappa shape index (κ3) is 3.49. The van der Waals surface area contributed by atoms with E-state index in [4.69, 9.17) is 4.74 Å². The summed E-state index contributed by atoms with van der Waals surface area (Å²) in [5, 5.41) is 23.2. The summed E-state index contributed by atoms with van der Waals surface area (Å²) in [4.78, 5) is 21.4. The molecule has 3 rings (SSSR count). The number of nitrogens with zero attached hydrogens (tertiary/aromatic N) is 1. The molecule has 0 radical (unpaired) electrons. The fraction of sp³-hybridized carbons (Fsp3) is 0.188. The van der Waals surface area contributed by atoms with E-state index in [2.05, 4.69) is 10.0 Å². The maximum atomic E-state index is 12.7. The van der Waals surface area contributed by atoms with Crippen molar-refractivity contribution in [1.29, 1.82) is 0 Å². The number of nitro benzene ring substituents is 1. The van der Waals surface area contributed by atoms with Crippen LogP contribution in [0.4, 0.5) is 17.1 Å². The van der Waals surface area contributed by atoms with Crippen molar-refractivity contribution in [2.24, 2.45) is 0 Å². The highest BCUT2D eigenvalue weighted by molar-refractivity contribution is 7.92. The molecule has 11 heteroatoms. The Hall–Kier alpha value is -3.34. The van der Waals surface area contributed by atoms with Gasteiger partial charge in [0.25, 0.3) is 15.9 Å². The van der Waals surface area contributed by atoms with Gasteiger partial charge < -0.3 is 15.2 Å². The van der Waals surface area contributed by atoms with E-state index in [-0.39, 0.29) is 22.1 Å². The van der Waals surface area contributed by atoms with Gasteiger partial charge in [-0.15, -0.1) is 0 Å². The molecule has 1 heterocycles. The van der Waals surface area contributed by atoms with Crippen molar-refractivity contribution >= 4 is 33.0 Å². The van der Waals surface area contributed by atoms with Crippen LogP contribution in [0.15, 0.2) is 35.2 Å². The number of phenols is 1. The Labute approximate surface area is 154 Å². The molecule has 0 saturated carbocycles. The van der Waals surface area contributed by atoms with Gasteiger partial charge in [0.05, 0.1) is 21.2 Å². The van der Waals surface area contributed by atoms with Crippen LogP contribution in [0.25, 0.3) is 0 Å². The topological polar surface area (TPSA) is 148 Å². The SMILES string of the molecule is Cc1cc(O)c([N+](=O)[O-])cc1S(=O)(=O)Nc1ccc2c(c1)NC(=O)[C@@H](C)O2. The van der Waals surface area contributed by atoms with Gasteiger partial charge in [0.2, 0.25) is 0 Å². The van der Waals surface area contributed by atoms with E-state index in [1.807, 2.05) is 0 Å². The predicted octanol–water partition coefficient (Wildman–Crippen LogP) is 2.13. The lowest BCUT2D eigenvalue weighted by Gasteiger charge is -2.23. The lowest BCUT2D eigenvalue weighted by Crippen LogP contribution is -2.34. The molecule has 3 N–H and O–H groups in total. The number of sulfonamides is 1. The summed E-state index contributed by atoms with van der Waals surface area (Å²) in [6.45, 7) is 2.98. The van der Waals surface area contributed by atoms with Crippen LogP contribution in [0, 0.1) is 17.0 Å². The predicted molar refractivity (Wildman–Crippen MR) is 95.5 cm³/mol. The van der Waals surface area contributed by atoms with E-state index in [0.29, 0.717) is 11.4 Å². The van der Waals surface area contributed by atoms with Crippen LogP contribution in [0.5, 0.6) is 11.5 Å². The minimum absolute atomic E-state index is 0.127. The first-order valence-corrected chi connectivity index (χ1v) is 9.19. The van der Waals surface area contributed by atoms with E-state index in [1.54, 1.807) is 6.92 Å². The maximum absolute atomic E-state index is 12.7. The number of hydrogen-bond donors (Lipinski definition) is 3. The number of anilines is 2. The summed E-state index contributed by atoms with van der Waals surface area (Å²) >= 11 is 0. The highest BCUT2D eigenvalue weighted by atomic mass is 32.2. The second kappa shape index (κ2) is 6.43. The van der Waals surface area contributed by atoms with Crippen LogP contribution in [-0.2, 0) is 14.8 Å². The summed E-state index contributed by atoms with van der Waals surface area (Å²) in [6, 6.07) is 6.10. The van der Waals surface area contributed by atoms with Gasteiger partial charge in [-0.1, -0.05) is 0 Å². The molecule has 1 amide bonds. The number of carbonyl (C=O) groups excluding carboxylic acids is 1. The highest BCUT2D eigenvalue weighted by Gasteiger charge is 2.26. The Balaban J connectivity index is 1.96. The van der Waals surface area contributed by atoms with Crippen LogP contribution < -0.4 is 14.8 Å². The first-order chi connectivity index (χ1) is 12.6. The number of amides is 1. The van der Waals surface area contributed by atoms with E-state index in [1.165, 1.54) is 25.1 Å². The Kier molecular flexibility index (Phi) is 4.39. The van der Waals surface area contributed by atoms with E-state index < -0.39 is 32.5 Å². The lowest BCUT2D eigenvalue weighted by atomic mass is 10.2. The number of benzene rings is 2. The number of aryl methyl sites for hydroxylation is 1. The zero-order valence-corrected chi connectivity index (χ0v) is 15.0. The molecule has 10 nitrogen and oxygen atoms in total. The van der Waals surface area contributed by atoms with Gasteiger partial charge in [0.1, 0.15) is 5.75 Å². The highest BCUT2D eigenvalue weighted by Crippen LogP contribution is 2.35. The molecule has 0 fully saturated rings. The van der Waals surface area contributed by atoms with Gasteiger partial charge in [-0.25, -0.2) is 8.42 Å². The normalized spacial score (nSPS) is 16.1. The molecule has 1 atom stereocenters. The molecule has 0 aliphatic carbocycles. The second-order valence-electron chi connectivity index (χ2n) is 5.93. The molecule has 0 unspecified atom stereocenters. The van der Waals surface area contributed by atoms with Gasteiger partial charge >= 0.3 is 5.69 Å². The average Bonchev–Trinajstić information content (AvgIpc) is 2.55. The van der Waals surface area contributed by atoms with Gasteiger partial charge in [0.15, 0.2) is 11.9 Å². The number of ether oxygens (including phenoxy) is 1. The molecule has 0 aromatic heterocycles. The van der Waals surface area contributed by atoms with E-state index >= 15 is 0 Å². The summed E-state index contributed by atoms with van der Waals surface area (Å²) in [5.74, 6) is -0.603. The molecule has 2 aromatic rings. The molecular weight excluding hydrogens is 378 g/mol. The van der Waals surface area contributed by atoms with Crippen LogP contribution in [0.1, 0.15) is 12.5 Å². The third-order valence-corrected chi connectivity index (χ3v) is 5.44. The van der Waals surface area contributed by atoms with Crippen molar-refractivity contribution in [3.8, 4) is 11.5 Å². The number of rotatable bonds is 4. The fourth-order valence-corrected chi connectivity index (χ4v) is 3.88. The van der Waals surface area contributed by atoms with Crippen molar-refractivity contribution in [3.05, 3.63) is 46.0 Å². The smallest absolute Gasteiger partial charge is 0.312 e. The van der Waals surface area contributed by atoms with Crippen LogP contribution in [0.2, 0.25) is 0 Å². The Morgan fingerprint density at radius 2 is 2.00 bits per heavy atom. The molecule has 1 aliphatic heterocycles. The molecule has 0 saturated heterocycles. The van der Waals surface area contributed by atoms with Crippen molar-refractivity contribution < 1.29 is 28.0 Å². The lowest BCUT2D eigenvalue weighted by molar-refractivity contribution is -0.386. The van der Waals surface area contributed by atoms with Crippen LogP contribution >= 0.6 is 0 Å². The maximum Gasteiger partial charge on any atom is 0.312 e. The fourth-order valence-electron chi connectivity index (χ4n) is 2.58. The summed E-state index contributed by atoms with van der Waals surface area (Å²) in [5.41, 5.74) is -0.163. The van der Waals surface area contributed by atoms with Gasteiger partial charge in [-0.3, -0.25) is 19.6 Å². The third-order valence-electron chi connectivity index (χ3n) is 3.92. The minimum atomic E-state index is -4.19. The first-order valence-electron chi connectivity index (χ1n) is 7.71. The number of nitrogens with one attached hydrogen (secondary N) is 2. The number of phenolic OH excluding ortho intramolecular Hbond substituents is 1. The number of fused-ring (bicyclic) bond motifs is 1. The Morgan fingerprint density at radius 3 is 2.67 bits per heavy atom. The van der Waals surface area contributed by atoms with Crippen molar-refractivity contribution in [3.63, 3.8) is 0 Å². The molecule has 27 heavy (non-hydrogen) atoms.